The summed E-state index contributed by atoms with van der Waals surface area (Å²) in [7, 11) is 1.46. The van der Waals surface area contributed by atoms with Gasteiger partial charge in [0.25, 0.3) is 0 Å². The highest BCUT2D eigenvalue weighted by Gasteiger charge is 2.27. The summed E-state index contributed by atoms with van der Waals surface area (Å²) >= 11 is 0. The fourth-order valence-corrected chi connectivity index (χ4v) is 9.08. The van der Waals surface area contributed by atoms with Crippen molar-refractivity contribution < 1.29 is 42.1 Å². The van der Waals surface area contributed by atoms with Gasteiger partial charge in [0, 0.05) is 12.8 Å². The predicted octanol–water partition coefficient (Wildman–Crippen LogP) is 20.5. The number of phosphoric ester groups is 1. The zero-order valence-corrected chi connectivity index (χ0v) is 52.7. The SMILES string of the molecule is CC/C=C\C/C=C\C/C=C\C/C=C\C/C=C\C/C=C\C/C=C\CCCCCCCCCCCCCCCC(=O)OC(COC(=O)CCCCCCCCCC/C=C\C/C=C\C/C=C\C/C=C\CC)COP(=O)(O)OCC[N+](C)(C)C. The van der Waals surface area contributed by atoms with Gasteiger partial charge < -0.3 is 18.9 Å². The van der Waals surface area contributed by atoms with Crippen LogP contribution in [0.15, 0.2) is 134 Å². The highest BCUT2D eigenvalue weighted by molar-refractivity contribution is 7.47. The molecule has 0 radical (unpaired) electrons. The average Bonchev–Trinajstić information content (AvgIpc) is 3.42. The molecule has 0 bridgehead atoms. The fraction of sp³-hybridized carbons (Fsp3) is 0.657. The van der Waals surface area contributed by atoms with E-state index in [9.17, 15) is 19.0 Å². The van der Waals surface area contributed by atoms with Gasteiger partial charge in [-0.25, -0.2) is 4.57 Å². The third-order valence-corrected chi connectivity index (χ3v) is 14.2. The first-order valence-electron chi connectivity index (χ1n) is 31.9. The lowest BCUT2D eigenvalue weighted by Gasteiger charge is -2.24. The fourth-order valence-electron chi connectivity index (χ4n) is 8.34. The quantitative estimate of drug-likeness (QED) is 0.0211. The molecule has 456 valence electrons. The molecule has 0 aliphatic rings. The molecule has 0 heterocycles. The highest BCUT2D eigenvalue weighted by atomic mass is 31.2. The molecule has 0 aromatic heterocycles. The molecule has 0 saturated heterocycles. The van der Waals surface area contributed by atoms with E-state index in [1.165, 1.54) is 89.9 Å². The minimum absolute atomic E-state index is 0.0240. The molecule has 1 N–H and O–H groups in total. The van der Waals surface area contributed by atoms with Crippen molar-refractivity contribution in [1.82, 2.24) is 0 Å². The molecular formula is C70H119NO8P+. The molecule has 0 amide bonds. The van der Waals surface area contributed by atoms with Crippen molar-refractivity contribution in [3.05, 3.63) is 134 Å². The second kappa shape index (κ2) is 59.8. The van der Waals surface area contributed by atoms with E-state index in [0.29, 0.717) is 17.4 Å². The minimum atomic E-state index is -4.40. The van der Waals surface area contributed by atoms with Gasteiger partial charge in [-0.15, -0.1) is 0 Å². The Hall–Kier alpha value is -3.85. The zero-order valence-electron chi connectivity index (χ0n) is 51.8. The summed E-state index contributed by atoms with van der Waals surface area (Å²) in [4.78, 5) is 35.8. The lowest BCUT2D eigenvalue weighted by atomic mass is 10.0. The molecular weight excluding hydrogens is 1010 g/mol. The largest absolute Gasteiger partial charge is 0.472 e. The van der Waals surface area contributed by atoms with E-state index in [1.54, 1.807) is 0 Å². The van der Waals surface area contributed by atoms with Crippen LogP contribution in [0.5, 0.6) is 0 Å². The van der Waals surface area contributed by atoms with Crippen LogP contribution >= 0.6 is 7.82 Å². The third kappa shape index (κ3) is 63.3. The van der Waals surface area contributed by atoms with Gasteiger partial charge in [0.2, 0.25) is 0 Å². The van der Waals surface area contributed by atoms with Gasteiger partial charge in [-0.2, -0.15) is 0 Å². The second-order valence-corrected chi connectivity index (χ2v) is 23.5. The summed E-state index contributed by atoms with van der Waals surface area (Å²) < 4.78 is 34.6. The summed E-state index contributed by atoms with van der Waals surface area (Å²) in [6.07, 6.45) is 86.7. The highest BCUT2D eigenvalue weighted by Crippen LogP contribution is 2.43. The van der Waals surface area contributed by atoms with Gasteiger partial charge in [-0.3, -0.25) is 18.6 Å². The average molecular weight is 1130 g/mol. The second-order valence-electron chi connectivity index (χ2n) is 22.0. The van der Waals surface area contributed by atoms with Gasteiger partial charge >= 0.3 is 19.8 Å². The molecule has 0 saturated carbocycles. The molecule has 2 unspecified atom stereocenters. The molecule has 10 heteroatoms. The Morgan fingerprint density at radius 2 is 0.675 bits per heavy atom. The number of unbranched alkanes of at least 4 members (excludes halogenated alkanes) is 21. The normalized spacial score (nSPS) is 14.1. The van der Waals surface area contributed by atoms with Crippen LogP contribution in [0.25, 0.3) is 0 Å². The standard InChI is InChI=1S/C70H118NO8P/c1-6-8-10-12-14-16-18-20-22-24-26-28-29-30-31-32-33-34-35-36-37-38-39-40-41-43-45-47-49-51-53-55-57-59-61-63-70(73)79-68(67-78-80(74,75)77-65-64-71(3,4)5)66-76-69(72)62-60-58-56-54-52-50-48-46-44-42-27-25-23-21-19-17-15-13-11-9-7-2/h8-11,14-17,20-23,26-28,30-31,33-34,36-37,42,68H,6-7,12-13,18-19,24-25,29,32,35,38-41,43-67H2,1-5H3/p+1/b10-8-,11-9-,16-14-,17-15-,22-20-,23-21-,28-26-,31-30-,34-33-,37-36-,42-27-. The van der Waals surface area contributed by atoms with E-state index >= 15 is 0 Å². The summed E-state index contributed by atoms with van der Waals surface area (Å²) in [5, 5.41) is 0. The first-order chi connectivity index (χ1) is 39.0. The number of nitrogens with zero attached hydrogens (tertiary/aromatic N) is 1. The van der Waals surface area contributed by atoms with Crippen molar-refractivity contribution in [3.8, 4) is 0 Å². The molecule has 9 nitrogen and oxygen atoms in total. The molecule has 0 aromatic carbocycles. The van der Waals surface area contributed by atoms with Crippen molar-refractivity contribution in [2.24, 2.45) is 0 Å². The summed E-state index contributed by atoms with van der Waals surface area (Å²) in [5.41, 5.74) is 0. The number of allylic oxidation sites excluding steroid dienone is 22. The molecule has 2 atom stereocenters. The number of esters is 2. The number of ether oxygens (including phenoxy) is 2. The molecule has 0 aromatic rings. The zero-order chi connectivity index (χ0) is 58.4. The van der Waals surface area contributed by atoms with Crippen LogP contribution < -0.4 is 0 Å². The number of phosphoric acid groups is 1. The third-order valence-electron chi connectivity index (χ3n) is 13.2. The van der Waals surface area contributed by atoms with Crippen molar-refractivity contribution in [3.63, 3.8) is 0 Å². The van der Waals surface area contributed by atoms with Gasteiger partial charge in [-0.1, -0.05) is 257 Å². The topological polar surface area (TPSA) is 108 Å². The Morgan fingerprint density at radius 3 is 1.00 bits per heavy atom. The van der Waals surface area contributed by atoms with Crippen LogP contribution in [0, 0.1) is 0 Å². The van der Waals surface area contributed by atoms with Crippen LogP contribution in [-0.2, 0) is 32.7 Å². The maximum absolute atomic E-state index is 12.9. The molecule has 0 rings (SSSR count). The van der Waals surface area contributed by atoms with Crippen LogP contribution in [-0.4, -0.2) is 74.9 Å². The van der Waals surface area contributed by atoms with Crippen LogP contribution in [0.2, 0.25) is 0 Å². The molecule has 0 spiro atoms. The van der Waals surface area contributed by atoms with E-state index in [0.717, 1.165) is 122 Å². The Labute approximate surface area is 491 Å². The number of hydrogen-bond donors (Lipinski definition) is 1. The predicted molar refractivity (Wildman–Crippen MR) is 344 cm³/mol. The van der Waals surface area contributed by atoms with E-state index in [4.69, 9.17) is 18.5 Å². The van der Waals surface area contributed by atoms with Crippen LogP contribution in [0.4, 0.5) is 0 Å². The Balaban J connectivity index is 4.12. The Kier molecular flexibility index (Phi) is 56.9. The van der Waals surface area contributed by atoms with E-state index in [-0.39, 0.29) is 32.0 Å². The number of quaternary nitrogens is 1. The monoisotopic (exact) mass is 1130 g/mol. The number of rotatable bonds is 57. The number of carbonyl (C=O) groups is 2. The lowest BCUT2D eigenvalue weighted by molar-refractivity contribution is -0.870. The van der Waals surface area contributed by atoms with Crippen molar-refractivity contribution in [2.75, 3.05) is 47.5 Å². The van der Waals surface area contributed by atoms with E-state index in [1.807, 2.05) is 21.1 Å². The smallest absolute Gasteiger partial charge is 0.462 e. The number of hydrogen-bond acceptors (Lipinski definition) is 7. The van der Waals surface area contributed by atoms with Crippen LogP contribution in [0.3, 0.4) is 0 Å². The first kappa shape index (κ1) is 76.1. The van der Waals surface area contributed by atoms with Crippen LogP contribution in [0.1, 0.15) is 245 Å². The minimum Gasteiger partial charge on any atom is -0.462 e. The number of likely N-dealkylation sites (N-methyl/N-ethyl adjacent to an activating group) is 1. The summed E-state index contributed by atoms with van der Waals surface area (Å²) in [6, 6.07) is 0. The summed E-state index contributed by atoms with van der Waals surface area (Å²) in [5.74, 6) is -0.812. The van der Waals surface area contributed by atoms with Gasteiger partial charge in [0.15, 0.2) is 6.10 Å². The van der Waals surface area contributed by atoms with Crippen molar-refractivity contribution in [1.29, 1.82) is 0 Å². The molecule has 0 fully saturated rings. The van der Waals surface area contributed by atoms with Crippen molar-refractivity contribution in [2.45, 2.75) is 251 Å². The van der Waals surface area contributed by atoms with E-state index in [2.05, 4.69) is 148 Å². The lowest BCUT2D eigenvalue weighted by Crippen LogP contribution is -2.37. The molecule has 80 heavy (non-hydrogen) atoms. The first-order valence-corrected chi connectivity index (χ1v) is 33.4. The maximum atomic E-state index is 12.9. The Bertz CT molecular complexity index is 1810. The maximum Gasteiger partial charge on any atom is 0.472 e. The Morgan fingerprint density at radius 1 is 0.388 bits per heavy atom. The molecule has 0 aliphatic heterocycles. The van der Waals surface area contributed by atoms with Gasteiger partial charge in [0.05, 0.1) is 27.7 Å². The molecule has 0 aliphatic carbocycles. The van der Waals surface area contributed by atoms with Gasteiger partial charge in [0.1, 0.15) is 19.8 Å². The van der Waals surface area contributed by atoms with E-state index < -0.39 is 26.5 Å². The summed E-state index contributed by atoms with van der Waals surface area (Å²) in [6.45, 7) is 4.19. The number of carbonyl (C=O) groups excluding carboxylic acids is 2. The van der Waals surface area contributed by atoms with Crippen molar-refractivity contribution >= 4 is 19.8 Å². The van der Waals surface area contributed by atoms with Gasteiger partial charge in [-0.05, 0) is 109 Å².